The number of hydrogen-bond donors (Lipinski definition) is 0. The molecule has 0 bridgehead atoms. The fraction of sp³-hybridized carbons (Fsp3) is 0.450. The Bertz CT molecular complexity index is 800. The summed E-state index contributed by atoms with van der Waals surface area (Å²) in [5, 5.41) is 0.282. The minimum absolute atomic E-state index is 0.0282. The van der Waals surface area contributed by atoms with E-state index < -0.39 is 0 Å². The Morgan fingerprint density at radius 3 is 3.08 bits per heavy atom. The van der Waals surface area contributed by atoms with E-state index in [0.29, 0.717) is 18.1 Å². The molecule has 6 heteroatoms. The van der Waals surface area contributed by atoms with Gasteiger partial charge in [0.15, 0.2) is 5.78 Å². The van der Waals surface area contributed by atoms with E-state index in [-0.39, 0.29) is 23.5 Å². The molecule has 0 N–H and O–H groups in total. The molecule has 0 aromatic carbocycles. The molecule has 1 aromatic heterocycles. The van der Waals surface area contributed by atoms with Gasteiger partial charge in [-0.3, -0.25) is 9.79 Å². The third kappa shape index (κ3) is 3.68. The molecule has 26 heavy (non-hydrogen) atoms. The number of dihydropyridines is 1. The lowest BCUT2D eigenvalue weighted by Crippen LogP contribution is -2.28. The molecule has 1 saturated heterocycles. The lowest BCUT2D eigenvalue weighted by atomic mass is 9.94. The molecule has 1 aliphatic carbocycles. The van der Waals surface area contributed by atoms with Crippen LogP contribution in [-0.2, 0) is 4.79 Å². The molecule has 1 atom stereocenters. The Morgan fingerprint density at radius 1 is 1.31 bits per heavy atom. The summed E-state index contributed by atoms with van der Waals surface area (Å²) < 4.78 is 6.11. The van der Waals surface area contributed by atoms with Crippen LogP contribution in [-0.4, -0.2) is 47.6 Å². The summed E-state index contributed by atoms with van der Waals surface area (Å²) in [6.45, 7) is 1.61. The van der Waals surface area contributed by atoms with E-state index in [1.807, 2.05) is 12.3 Å². The maximum absolute atomic E-state index is 11.7. The van der Waals surface area contributed by atoms with Crippen molar-refractivity contribution in [1.82, 2.24) is 9.88 Å². The Balaban J connectivity index is 1.43. The van der Waals surface area contributed by atoms with Crippen LogP contribution in [0.2, 0.25) is 0 Å². The minimum atomic E-state index is -0.122. The van der Waals surface area contributed by atoms with Gasteiger partial charge in [-0.15, -0.1) is 0 Å². The van der Waals surface area contributed by atoms with Gasteiger partial charge in [-0.2, -0.15) is 0 Å². The predicted octanol–water partition coefficient (Wildman–Crippen LogP) is 3.60. The minimum Gasteiger partial charge on any atom is -0.472 e. The Hall–Kier alpha value is -2.14. The van der Waals surface area contributed by atoms with Crippen molar-refractivity contribution in [2.75, 3.05) is 19.6 Å². The summed E-state index contributed by atoms with van der Waals surface area (Å²) in [7, 11) is 0. The second kappa shape index (κ2) is 7.62. The first-order valence-electron chi connectivity index (χ1n) is 9.20. The molecule has 0 amide bonds. The Kier molecular flexibility index (Phi) is 5.07. The van der Waals surface area contributed by atoms with Crippen LogP contribution in [0.3, 0.4) is 0 Å². The molecule has 3 heterocycles. The number of rotatable bonds is 4. The number of aromatic nitrogens is 1. The molecular weight excluding hydrogens is 350 g/mol. The molecule has 0 unspecified atom stereocenters. The van der Waals surface area contributed by atoms with E-state index in [0.717, 1.165) is 25.8 Å². The third-order valence-corrected chi connectivity index (χ3v) is 5.49. The van der Waals surface area contributed by atoms with E-state index >= 15 is 0 Å². The van der Waals surface area contributed by atoms with Crippen molar-refractivity contribution in [3.8, 4) is 5.88 Å². The van der Waals surface area contributed by atoms with Crippen LogP contribution in [0, 0.1) is 0 Å². The van der Waals surface area contributed by atoms with Crippen LogP contribution in [0.25, 0.3) is 5.57 Å². The van der Waals surface area contributed by atoms with Crippen LogP contribution in [0.5, 0.6) is 5.88 Å². The highest BCUT2D eigenvalue weighted by atomic mass is 35.5. The third-order valence-electron chi connectivity index (χ3n) is 5.09. The summed E-state index contributed by atoms with van der Waals surface area (Å²) in [6.07, 6.45) is 11.5. The predicted molar refractivity (Wildman–Crippen MR) is 103 cm³/mol. The fourth-order valence-electron chi connectivity index (χ4n) is 3.69. The largest absolute Gasteiger partial charge is 0.472 e. The normalized spacial score (nSPS) is 23.4. The second-order valence-corrected chi connectivity index (χ2v) is 7.30. The van der Waals surface area contributed by atoms with Gasteiger partial charge in [0.1, 0.15) is 17.7 Å². The number of Topliss-reactive ketones (excluding diaryl/α,β-unsaturated/α-hetero) is 1. The molecule has 4 rings (SSSR count). The van der Waals surface area contributed by atoms with Crippen LogP contribution in [0.15, 0.2) is 40.1 Å². The maximum atomic E-state index is 11.7. The van der Waals surface area contributed by atoms with Gasteiger partial charge in [0.05, 0.1) is 12.2 Å². The van der Waals surface area contributed by atoms with E-state index in [2.05, 4.69) is 27.0 Å². The highest BCUT2D eigenvalue weighted by Gasteiger charge is 2.29. The average molecular weight is 372 g/mol. The van der Waals surface area contributed by atoms with Crippen LogP contribution in [0.1, 0.15) is 37.7 Å². The number of pyridine rings is 1. The first-order valence-corrected chi connectivity index (χ1v) is 9.58. The quantitative estimate of drug-likeness (QED) is 0.811. The van der Waals surface area contributed by atoms with Crippen molar-refractivity contribution >= 4 is 29.2 Å². The molecule has 1 fully saturated rings. The average Bonchev–Trinajstić information content (AvgIpc) is 3.13. The lowest BCUT2D eigenvalue weighted by molar-refractivity contribution is -0.113. The summed E-state index contributed by atoms with van der Waals surface area (Å²) >= 11 is 6.17. The summed E-state index contributed by atoms with van der Waals surface area (Å²) in [4.78, 5) is 22.3. The maximum Gasteiger partial charge on any atom is 0.214 e. The number of likely N-dealkylation sites (tertiary alicyclic amines) is 1. The van der Waals surface area contributed by atoms with Gasteiger partial charge in [-0.05, 0) is 42.9 Å². The molecule has 5 nitrogen and oxygen atoms in total. The smallest absolute Gasteiger partial charge is 0.214 e. The van der Waals surface area contributed by atoms with Crippen molar-refractivity contribution < 1.29 is 9.53 Å². The highest BCUT2D eigenvalue weighted by Crippen LogP contribution is 2.29. The number of aliphatic imine (C=N–C) groups is 1. The molecular formula is C20H22ClN3O2. The Morgan fingerprint density at radius 2 is 2.23 bits per heavy atom. The standard InChI is InChI=1S/C20H22ClN3O2/c21-20-17(11-22-12-18(20)25)24-9-7-16(13-24)26-19-10-15(6-8-23-19)14-4-2-1-3-5-14/h4,6,8,10-11,16H,1-3,5,7,9,12-13H2/t16-/m1/s1. The van der Waals surface area contributed by atoms with E-state index in [1.165, 1.54) is 24.0 Å². The van der Waals surface area contributed by atoms with Gasteiger partial charge in [0, 0.05) is 31.4 Å². The van der Waals surface area contributed by atoms with Gasteiger partial charge in [0.2, 0.25) is 5.88 Å². The molecule has 3 aliphatic rings. The first-order chi connectivity index (χ1) is 12.7. The highest BCUT2D eigenvalue weighted by molar-refractivity contribution is 6.44. The zero-order valence-corrected chi connectivity index (χ0v) is 15.4. The van der Waals surface area contributed by atoms with Gasteiger partial charge >= 0.3 is 0 Å². The molecule has 0 radical (unpaired) electrons. The van der Waals surface area contributed by atoms with E-state index in [1.54, 1.807) is 6.21 Å². The van der Waals surface area contributed by atoms with Crippen molar-refractivity contribution in [1.29, 1.82) is 0 Å². The topological polar surface area (TPSA) is 54.8 Å². The number of nitrogens with zero attached hydrogens (tertiary/aromatic N) is 3. The number of hydrogen-bond acceptors (Lipinski definition) is 5. The summed E-state index contributed by atoms with van der Waals surface area (Å²) in [5.74, 6) is 0.540. The monoisotopic (exact) mass is 371 g/mol. The van der Waals surface area contributed by atoms with Crippen molar-refractivity contribution in [2.24, 2.45) is 4.99 Å². The van der Waals surface area contributed by atoms with Crippen molar-refractivity contribution in [3.63, 3.8) is 0 Å². The zero-order valence-electron chi connectivity index (χ0n) is 14.7. The number of allylic oxidation sites excluding steroid dienone is 3. The molecule has 0 spiro atoms. The molecule has 136 valence electrons. The van der Waals surface area contributed by atoms with Crippen LogP contribution in [0.4, 0.5) is 0 Å². The van der Waals surface area contributed by atoms with Gasteiger partial charge in [-0.1, -0.05) is 17.7 Å². The summed E-state index contributed by atoms with van der Waals surface area (Å²) in [6, 6.07) is 4.09. The lowest BCUT2D eigenvalue weighted by Gasteiger charge is -2.22. The second-order valence-electron chi connectivity index (χ2n) is 6.92. The zero-order chi connectivity index (χ0) is 17.9. The van der Waals surface area contributed by atoms with Gasteiger partial charge in [-0.25, -0.2) is 4.98 Å². The first kappa shape index (κ1) is 17.3. The number of halogens is 1. The molecule has 0 saturated carbocycles. The summed E-state index contributed by atoms with van der Waals surface area (Å²) in [5.41, 5.74) is 3.31. The van der Waals surface area contributed by atoms with Gasteiger partial charge < -0.3 is 9.64 Å². The van der Waals surface area contributed by atoms with E-state index in [4.69, 9.17) is 16.3 Å². The fourth-order valence-corrected chi connectivity index (χ4v) is 3.92. The number of carbonyl (C=O) groups excluding carboxylic acids is 1. The SMILES string of the molecule is O=C1CN=CC(N2CC[C@@H](Oc3cc(C4=CCCCC4)ccn3)C2)=C1Cl. The van der Waals surface area contributed by atoms with E-state index in [9.17, 15) is 4.79 Å². The van der Waals surface area contributed by atoms with Crippen LogP contribution >= 0.6 is 11.6 Å². The number of ether oxygens (including phenoxy) is 1. The van der Waals surface area contributed by atoms with Crippen molar-refractivity contribution in [2.45, 2.75) is 38.2 Å². The van der Waals surface area contributed by atoms with Crippen LogP contribution < -0.4 is 4.74 Å². The molecule has 1 aromatic rings. The van der Waals surface area contributed by atoms with Gasteiger partial charge in [0.25, 0.3) is 0 Å². The Labute approximate surface area is 158 Å². The number of carbonyl (C=O) groups is 1. The molecule has 2 aliphatic heterocycles. The van der Waals surface area contributed by atoms with Crippen molar-refractivity contribution in [3.05, 3.63) is 40.7 Å². The number of ketones is 1.